The standard InChI is InChI=1S/C13H8Br2N2O2/c14-8-4-5-9-12-7(8)2-1-3-10(12)17(6-11(18)19)13(15)16-9/h1-5H,6H2,(H,18,19)/p-1. The molecule has 2 aromatic rings. The molecule has 0 amide bonds. The number of amidine groups is 1. The van der Waals surface area contributed by atoms with Gasteiger partial charge in [0.15, 0.2) is 4.74 Å². The maximum atomic E-state index is 10.9. The van der Waals surface area contributed by atoms with Gasteiger partial charge in [-0.2, -0.15) is 0 Å². The van der Waals surface area contributed by atoms with Crippen LogP contribution in [0.3, 0.4) is 0 Å². The maximum absolute atomic E-state index is 10.9. The van der Waals surface area contributed by atoms with E-state index in [1.54, 1.807) is 4.90 Å². The molecule has 0 radical (unpaired) electrons. The summed E-state index contributed by atoms with van der Waals surface area (Å²) in [7, 11) is 0. The van der Waals surface area contributed by atoms with Gasteiger partial charge in [-0.25, -0.2) is 4.99 Å². The number of rotatable bonds is 2. The molecule has 1 aliphatic heterocycles. The van der Waals surface area contributed by atoms with Crippen LogP contribution in [0.1, 0.15) is 0 Å². The molecular weight excluding hydrogens is 376 g/mol. The number of halogens is 2. The van der Waals surface area contributed by atoms with Crippen LogP contribution in [-0.2, 0) is 4.79 Å². The number of carbonyl (C=O) groups is 1. The number of hydrogen-bond acceptors (Lipinski definition) is 4. The molecule has 1 heterocycles. The lowest BCUT2D eigenvalue weighted by atomic mass is 10.1. The van der Waals surface area contributed by atoms with Gasteiger partial charge in [0, 0.05) is 15.2 Å². The minimum atomic E-state index is -1.15. The predicted octanol–water partition coefficient (Wildman–Crippen LogP) is 2.55. The van der Waals surface area contributed by atoms with Crippen molar-refractivity contribution in [2.24, 2.45) is 4.99 Å². The summed E-state index contributed by atoms with van der Waals surface area (Å²) in [5, 5.41) is 12.8. The summed E-state index contributed by atoms with van der Waals surface area (Å²) in [6, 6.07) is 9.56. The molecule has 3 rings (SSSR count). The van der Waals surface area contributed by atoms with Gasteiger partial charge in [0.1, 0.15) is 0 Å². The second kappa shape index (κ2) is 4.61. The number of carboxylic acid groups (broad SMARTS) is 1. The molecule has 19 heavy (non-hydrogen) atoms. The number of carboxylic acids is 1. The van der Waals surface area contributed by atoms with Crippen molar-refractivity contribution in [2.45, 2.75) is 0 Å². The topological polar surface area (TPSA) is 55.7 Å². The monoisotopic (exact) mass is 381 g/mol. The second-order valence-electron chi connectivity index (χ2n) is 4.11. The summed E-state index contributed by atoms with van der Waals surface area (Å²) >= 11 is 6.81. The Morgan fingerprint density at radius 1 is 1.26 bits per heavy atom. The molecule has 6 heteroatoms. The van der Waals surface area contributed by atoms with Gasteiger partial charge in [-0.05, 0) is 34.1 Å². The van der Waals surface area contributed by atoms with Crippen molar-refractivity contribution in [1.29, 1.82) is 0 Å². The summed E-state index contributed by atoms with van der Waals surface area (Å²) < 4.78 is 1.42. The third kappa shape index (κ3) is 2.04. The van der Waals surface area contributed by atoms with Crippen molar-refractivity contribution in [3.8, 4) is 0 Å². The second-order valence-corrected chi connectivity index (χ2v) is 5.67. The Hall–Kier alpha value is -1.40. The van der Waals surface area contributed by atoms with Gasteiger partial charge in [-0.1, -0.05) is 28.1 Å². The molecule has 2 aromatic carbocycles. The van der Waals surface area contributed by atoms with E-state index in [0.29, 0.717) is 4.74 Å². The van der Waals surface area contributed by atoms with Crippen LogP contribution in [0, 0.1) is 0 Å². The lowest BCUT2D eigenvalue weighted by Crippen LogP contribution is -2.40. The third-order valence-corrected chi connectivity index (χ3v) is 4.25. The van der Waals surface area contributed by atoms with Gasteiger partial charge in [0.2, 0.25) is 0 Å². The highest BCUT2D eigenvalue weighted by atomic mass is 79.9. The quantitative estimate of drug-likeness (QED) is 0.750. The maximum Gasteiger partial charge on any atom is 0.178 e. The van der Waals surface area contributed by atoms with Crippen molar-refractivity contribution in [1.82, 2.24) is 0 Å². The van der Waals surface area contributed by atoms with Crippen LogP contribution < -0.4 is 10.0 Å². The zero-order chi connectivity index (χ0) is 13.6. The van der Waals surface area contributed by atoms with Crippen LogP contribution in [0.2, 0.25) is 0 Å². The third-order valence-electron chi connectivity index (χ3n) is 2.96. The summed E-state index contributed by atoms with van der Waals surface area (Å²) in [6.45, 7) is -0.241. The number of carbonyl (C=O) groups excluding carboxylic acids is 1. The van der Waals surface area contributed by atoms with E-state index in [2.05, 4.69) is 36.9 Å². The molecule has 4 nitrogen and oxygen atoms in total. The zero-order valence-corrected chi connectivity index (χ0v) is 12.7. The average Bonchev–Trinajstić information content (AvgIpc) is 2.37. The molecule has 0 saturated heterocycles. The summed E-state index contributed by atoms with van der Waals surface area (Å²) in [5.41, 5.74) is 1.62. The molecule has 0 fully saturated rings. The summed E-state index contributed by atoms with van der Waals surface area (Å²) in [5.74, 6) is -1.15. The van der Waals surface area contributed by atoms with Crippen LogP contribution in [0.5, 0.6) is 0 Å². The van der Waals surface area contributed by atoms with Crippen LogP contribution >= 0.6 is 31.9 Å². The summed E-state index contributed by atoms with van der Waals surface area (Å²) in [6.07, 6.45) is 0. The van der Waals surface area contributed by atoms with Crippen LogP contribution in [0.25, 0.3) is 10.8 Å². The van der Waals surface area contributed by atoms with E-state index in [1.807, 2.05) is 30.3 Å². The number of aliphatic imine (C=N–C) groups is 1. The highest BCUT2D eigenvalue weighted by molar-refractivity contribution is 9.18. The normalized spacial score (nSPS) is 13.6. The highest BCUT2D eigenvalue weighted by Gasteiger charge is 2.21. The fraction of sp³-hybridized carbons (Fsp3) is 0.0769. The van der Waals surface area contributed by atoms with Crippen LogP contribution in [0.4, 0.5) is 11.4 Å². The van der Waals surface area contributed by atoms with Crippen LogP contribution in [0.15, 0.2) is 39.8 Å². The molecule has 1 aliphatic rings. The minimum absolute atomic E-state index is 0.241. The zero-order valence-electron chi connectivity index (χ0n) is 9.56. The Balaban J connectivity index is 2.31. The molecule has 96 valence electrons. The molecule has 0 saturated carbocycles. The van der Waals surface area contributed by atoms with Crippen molar-refractivity contribution in [3.05, 3.63) is 34.8 Å². The predicted molar refractivity (Wildman–Crippen MR) is 80.0 cm³/mol. The molecular formula is C13H7Br2N2O2-. The van der Waals surface area contributed by atoms with E-state index in [-0.39, 0.29) is 6.54 Å². The summed E-state index contributed by atoms with van der Waals surface area (Å²) in [4.78, 5) is 16.8. The van der Waals surface area contributed by atoms with Crippen LogP contribution in [-0.4, -0.2) is 17.3 Å². The largest absolute Gasteiger partial charge is 0.548 e. The first-order valence-corrected chi connectivity index (χ1v) is 7.09. The van der Waals surface area contributed by atoms with Gasteiger partial charge >= 0.3 is 0 Å². The molecule has 0 unspecified atom stereocenters. The smallest absolute Gasteiger partial charge is 0.178 e. The van der Waals surface area contributed by atoms with Crippen molar-refractivity contribution in [2.75, 3.05) is 11.4 Å². The van der Waals surface area contributed by atoms with E-state index < -0.39 is 5.97 Å². The first kappa shape index (κ1) is 12.6. The molecule has 0 bridgehead atoms. The average molecular weight is 383 g/mol. The molecule has 0 aromatic heterocycles. The lowest BCUT2D eigenvalue weighted by molar-refractivity contribution is -0.303. The highest BCUT2D eigenvalue weighted by Crippen LogP contribution is 2.42. The number of nitrogens with zero attached hydrogens (tertiary/aromatic N) is 2. The first-order valence-electron chi connectivity index (χ1n) is 5.51. The Morgan fingerprint density at radius 2 is 2.05 bits per heavy atom. The van der Waals surface area contributed by atoms with E-state index >= 15 is 0 Å². The molecule has 0 spiro atoms. The van der Waals surface area contributed by atoms with Gasteiger partial charge in [-0.15, -0.1) is 0 Å². The van der Waals surface area contributed by atoms with E-state index in [1.165, 1.54) is 0 Å². The number of benzene rings is 2. The molecule has 0 atom stereocenters. The van der Waals surface area contributed by atoms with E-state index in [9.17, 15) is 9.90 Å². The Kier molecular flexibility index (Phi) is 3.06. The lowest BCUT2D eigenvalue weighted by Gasteiger charge is -2.29. The first-order chi connectivity index (χ1) is 9.08. The van der Waals surface area contributed by atoms with Crippen molar-refractivity contribution in [3.63, 3.8) is 0 Å². The van der Waals surface area contributed by atoms with Gasteiger partial charge in [0.05, 0.1) is 23.9 Å². The van der Waals surface area contributed by atoms with Gasteiger partial charge < -0.3 is 14.8 Å². The fourth-order valence-electron chi connectivity index (χ4n) is 2.19. The fourth-order valence-corrected chi connectivity index (χ4v) is 3.16. The minimum Gasteiger partial charge on any atom is -0.548 e. The van der Waals surface area contributed by atoms with Gasteiger partial charge in [-0.3, -0.25) is 0 Å². The SMILES string of the molecule is O=C([O-])CN1C(Br)=Nc2ccc(Br)c3cccc1c23. The van der Waals surface area contributed by atoms with Gasteiger partial charge in [0.25, 0.3) is 0 Å². The number of aliphatic carboxylic acids is 1. The van der Waals surface area contributed by atoms with E-state index in [4.69, 9.17) is 0 Å². The Labute approximate surface area is 126 Å². The molecule has 0 N–H and O–H groups in total. The number of anilines is 1. The van der Waals surface area contributed by atoms with Crippen molar-refractivity contribution >= 4 is 64.7 Å². The van der Waals surface area contributed by atoms with E-state index in [0.717, 1.165) is 26.6 Å². The van der Waals surface area contributed by atoms with Crippen molar-refractivity contribution < 1.29 is 9.90 Å². The Morgan fingerprint density at radius 3 is 2.79 bits per heavy atom. The Bertz CT molecular complexity index is 728. The number of hydrogen-bond donors (Lipinski definition) is 0. The molecule has 0 aliphatic carbocycles.